The molecular formula is C59H114O6. The van der Waals surface area contributed by atoms with E-state index in [0.717, 1.165) is 69.6 Å². The van der Waals surface area contributed by atoms with E-state index in [1.807, 2.05) is 0 Å². The smallest absolute Gasteiger partial charge is 0.306 e. The average molecular weight is 920 g/mol. The zero-order valence-corrected chi connectivity index (χ0v) is 44.6. The van der Waals surface area contributed by atoms with Gasteiger partial charge in [0.25, 0.3) is 0 Å². The van der Waals surface area contributed by atoms with Crippen molar-refractivity contribution in [3.8, 4) is 0 Å². The molecule has 0 aliphatic rings. The van der Waals surface area contributed by atoms with Crippen molar-refractivity contribution in [2.75, 3.05) is 13.2 Å². The maximum atomic E-state index is 12.8. The van der Waals surface area contributed by atoms with Gasteiger partial charge in [0.05, 0.1) is 0 Å². The summed E-state index contributed by atoms with van der Waals surface area (Å²) in [7, 11) is 0. The van der Waals surface area contributed by atoms with Gasteiger partial charge in [-0.2, -0.15) is 0 Å². The number of hydrogen-bond donors (Lipinski definition) is 0. The lowest BCUT2D eigenvalue weighted by Crippen LogP contribution is -2.30. The molecule has 0 spiro atoms. The Morgan fingerprint density at radius 1 is 0.308 bits per heavy atom. The predicted octanol–water partition coefficient (Wildman–Crippen LogP) is 19.3. The van der Waals surface area contributed by atoms with E-state index >= 15 is 0 Å². The third-order valence-electron chi connectivity index (χ3n) is 14.2. The molecule has 0 saturated heterocycles. The van der Waals surface area contributed by atoms with Gasteiger partial charge in [0.2, 0.25) is 0 Å². The maximum absolute atomic E-state index is 12.8. The Bertz CT molecular complexity index is 997. The molecular weight excluding hydrogens is 805 g/mol. The first kappa shape index (κ1) is 63.4. The van der Waals surface area contributed by atoms with E-state index in [4.69, 9.17) is 14.2 Å². The molecule has 0 aromatic carbocycles. The highest BCUT2D eigenvalue weighted by Crippen LogP contribution is 2.19. The van der Waals surface area contributed by atoms with Crippen molar-refractivity contribution in [2.24, 2.45) is 11.8 Å². The van der Waals surface area contributed by atoms with Crippen molar-refractivity contribution < 1.29 is 28.6 Å². The molecule has 0 rings (SSSR count). The van der Waals surface area contributed by atoms with Crippen LogP contribution in [0.25, 0.3) is 0 Å². The Kier molecular flexibility index (Phi) is 50.5. The monoisotopic (exact) mass is 919 g/mol. The number of rotatable bonds is 53. The molecule has 6 heteroatoms. The summed E-state index contributed by atoms with van der Waals surface area (Å²) >= 11 is 0. The second kappa shape index (κ2) is 51.8. The summed E-state index contributed by atoms with van der Waals surface area (Å²) < 4.78 is 16.9. The largest absolute Gasteiger partial charge is 0.462 e. The van der Waals surface area contributed by atoms with Crippen LogP contribution in [0.5, 0.6) is 0 Å². The van der Waals surface area contributed by atoms with Crippen LogP contribution < -0.4 is 0 Å². The van der Waals surface area contributed by atoms with Gasteiger partial charge in [0.15, 0.2) is 6.10 Å². The van der Waals surface area contributed by atoms with Gasteiger partial charge in [-0.05, 0) is 31.1 Å². The number of hydrogen-bond acceptors (Lipinski definition) is 6. The molecule has 0 saturated carbocycles. The summed E-state index contributed by atoms with van der Waals surface area (Å²) in [4.78, 5) is 38.1. The van der Waals surface area contributed by atoms with Crippen molar-refractivity contribution in [1.82, 2.24) is 0 Å². The molecule has 0 aliphatic carbocycles. The number of ether oxygens (including phenoxy) is 3. The van der Waals surface area contributed by atoms with Crippen molar-refractivity contribution in [1.29, 1.82) is 0 Å². The lowest BCUT2D eigenvalue weighted by atomic mass is 9.99. The highest BCUT2D eigenvalue weighted by molar-refractivity contribution is 5.71. The molecule has 0 radical (unpaired) electrons. The predicted molar refractivity (Wildman–Crippen MR) is 280 cm³/mol. The highest BCUT2D eigenvalue weighted by Gasteiger charge is 2.19. The van der Waals surface area contributed by atoms with Gasteiger partial charge in [0, 0.05) is 19.3 Å². The van der Waals surface area contributed by atoms with E-state index in [1.165, 1.54) is 218 Å². The highest BCUT2D eigenvalue weighted by atomic mass is 16.6. The van der Waals surface area contributed by atoms with Gasteiger partial charge < -0.3 is 14.2 Å². The van der Waals surface area contributed by atoms with Crippen LogP contribution in [0.1, 0.15) is 330 Å². The summed E-state index contributed by atoms with van der Waals surface area (Å²) in [6.07, 6.45) is 55.2. The van der Waals surface area contributed by atoms with Crippen molar-refractivity contribution >= 4 is 17.9 Å². The lowest BCUT2D eigenvalue weighted by molar-refractivity contribution is -0.167. The van der Waals surface area contributed by atoms with Crippen LogP contribution in [-0.2, 0) is 28.6 Å². The quantitative estimate of drug-likeness (QED) is 0.0344. The number of carbonyl (C=O) groups excluding carboxylic acids is 3. The second-order valence-corrected chi connectivity index (χ2v) is 20.8. The van der Waals surface area contributed by atoms with Crippen LogP contribution in [0.15, 0.2) is 0 Å². The zero-order chi connectivity index (χ0) is 47.5. The van der Waals surface area contributed by atoms with E-state index in [1.54, 1.807) is 0 Å². The summed E-state index contributed by atoms with van der Waals surface area (Å²) in [6, 6.07) is 0. The molecule has 0 aliphatic heterocycles. The second-order valence-electron chi connectivity index (χ2n) is 20.8. The molecule has 0 heterocycles. The van der Waals surface area contributed by atoms with Gasteiger partial charge in [-0.1, -0.05) is 291 Å². The lowest BCUT2D eigenvalue weighted by Gasteiger charge is -2.18. The Hall–Kier alpha value is -1.59. The molecule has 0 bridgehead atoms. The average Bonchev–Trinajstić information content (AvgIpc) is 3.30. The zero-order valence-electron chi connectivity index (χ0n) is 44.6. The third-order valence-corrected chi connectivity index (χ3v) is 14.2. The first-order valence-corrected chi connectivity index (χ1v) is 29.3. The molecule has 65 heavy (non-hydrogen) atoms. The molecule has 3 atom stereocenters. The fourth-order valence-corrected chi connectivity index (χ4v) is 8.99. The molecule has 386 valence electrons. The van der Waals surface area contributed by atoms with Crippen molar-refractivity contribution in [3.05, 3.63) is 0 Å². The molecule has 0 fully saturated rings. The Labute approximate surface area is 406 Å². The van der Waals surface area contributed by atoms with Gasteiger partial charge in [0.1, 0.15) is 13.2 Å². The van der Waals surface area contributed by atoms with Crippen LogP contribution in [0.3, 0.4) is 0 Å². The molecule has 0 N–H and O–H groups in total. The van der Waals surface area contributed by atoms with Gasteiger partial charge in [-0.3, -0.25) is 14.4 Å². The molecule has 0 amide bonds. The van der Waals surface area contributed by atoms with Crippen molar-refractivity contribution in [2.45, 2.75) is 336 Å². The number of carbonyl (C=O) groups is 3. The normalized spacial score (nSPS) is 12.9. The van der Waals surface area contributed by atoms with E-state index < -0.39 is 6.10 Å². The SMILES string of the molecule is CCCCCCCCCCCCCCCCCCCCCC(=O)O[C@@H](COC(=O)CCCCCCCCCCCCCCCCC(C)CC)COC(=O)CCCCCCCCC(C)CC. The van der Waals surface area contributed by atoms with Gasteiger partial charge >= 0.3 is 17.9 Å². The van der Waals surface area contributed by atoms with Crippen LogP contribution >= 0.6 is 0 Å². The summed E-state index contributed by atoms with van der Waals surface area (Å²) in [5, 5.41) is 0. The maximum Gasteiger partial charge on any atom is 0.306 e. The summed E-state index contributed by atoms with van der Waals surface area (Å²) in [5.41, 5.74) is 0. The van der Waals surface area contributed by atoms with Gasteiger partial charge in [-0.15, -0.1) is 0 Å². The Balaban J connectivity index is 4.24. The van der Waals surface area contributed by atoms with E-state index in [-0.39, 0.29) is 31.1 Å². The van der Waals surface area contributed by atoms with Crippen LogP contribution in [0.2, 0.25) is 0 Å². The Morgan fingerprint density at radius 2 is 0.538 bits per heavy atom. The minimum atomic E-state index is -0.763. The molecule has 2 unspecified atom stereocenters. The Morgan fingerprint density at radius 3 is 0.800 bits per heavy atom. The minimum absolute atomic E-state index is 0.0636. The molecule has 6 nitrogen and oxygen atoms in total. The summed E-state index contributed by atoms with van der Waals surface area (Å²) in [5.74, 6) is 0.867. The van der Waals surface area contributed by atoms with E-state index in [0.29, 0.717) is 19.3 Å². The molecule has 0 aromatic heterocycles. The molecule has 0 aromatic rings. The third kappa shape index (κ3) is 50.1. The minimum Gasteiger partial charge on any atom is -0.462 e. The summed E-state index contributed by atoms with van der Waals surface area (Å²) in [6.45, 7) is 11.4. The van der Waals surface area contributed by atoms with Crippen molar-refractivity contribution in [3.63, 3.8) is 0 Å². The number of unbranched alkanes of at least 4 members (excludes halogenated alkanes) is 36. The fraction of sp³-hybridized carbons (Fsp3) is 0.949. The number of esters is 3. The standard InChI is InChI=1S/C59H114O6/c1-6-9-10-11-12-13-14-15-16-17-18-19-20-25-28-31-34-41-46-51-59(62)65-56(53-64-58(61)50-45-40-36-35-38-43-48-55(5)8-3)52-63-57(60)49-44-39-33-30-27-24-22-21-23-26-29-32-37-42-47-54(4)7-2/h54-56H,6-53H2,1-5H3/t54?,55?,56-/m0/s1. The first-order chi connectivity index (χ1) is 31.8. The van der Waals surface area contributed by atoms with Crippen LogP contribution in [0, 0.1) is 11.8 Å². The van der Waals surface area contributed by atoms with Crippen LogP contribution in [0.4, 0.5) is 0 Å². The van der Waals surface area contributed by atoms with Gasteiger partial charge in [-0.25, -0.2) is 0 Å². The topological polar surface area (TPSA) is 78.9 Å². The first-order valence-electron chi connectivity index (χ1n) is 29.3. The fourth-order valence-electron chi connectivity index (χ4n) is 8.99. The van der Waals surface area contributed by atoms with Crippen LogP contribution in [-0.4, -0.2) is 37.2 Å². The van der Waals surface area contributed by atoms with E-state index in [9.17, 15) is 14.4 Å². The van der Waals surface area contributed by atoms with E-state index in [2.05, 4.69) is 34.6 Å².